The lowest BCUT2D eigenvalue weighted by Gasteiger charge is -2.41. The fourth-order valence-electron chi connectivity index (χ4n) is 4.49. The molecule has 2 aliphatic rings. The molecule has 0 bridgehead atoms. The molecule has 0 aliphatic heterocycles. The third-order valence-electron chi connectivity index (χ3n) is 5.69. The average molecular weight is 292 g/mol. The van der Waals surface area contributed by atoms with Gasteiger partial charge in [-0.15, -0.1) is 0 Å². The van der Waals surface area contributed by atoms with Crippen molar-refractivity contribution in [3.05, 3.63) is 22.4 Å². The normalized spacial score (nSPS) is 31.8. The van der Waals surface area contributed by atoms with Gasteiger partial charge in [-0.05, 0) is 72.2 Å². The first-order valence-corrected chi connectivity index (χ1v) is 9.28. The minimum atomic E-state index is 0.512. The van der Waals surface area contributed by atoms with Gasteiger partial charge < -0.3 is 0 Å². The van der Waals surface area contributed by atoms with Crippen LogP contribution >= 0.6 is 11.3 Å². The van der Waals surface area contributed by atoms with Crippen molar-refractivity contribution in [2.75, 3.05) is 0 Å². The third-order valence-corrected chi connectivity index (χ3v) is 6.42. The second-order valence-electron chi connectivity index (χ2n) is 6.82. The highest BCUT2D eigenvalue weighted by molar-refractivity contribution is 7.07. The molecule has 1 aromatic heterocycles. The number of nitrogens with one attached hydrogen (secondary N) is 1. The molecule has 20 heavy (non-hydrogen) atoms. The Morgan fingerprint density at radius 1 is 1.20 bits per heavy atom. The summed E-state index contributed by atoms with van der Waals surface area (Å²) in [6.07, 6.45) is 12.5. The van der Waals surface area contributed by atoms with Crippen molar-refractivity contribution in [3.63, 3.8) is 0 Å². The molecule has 0 amide bonds. The molecule has 1 heterocycles. The van der Waals surface area contributed by atoms with E-state index in [1.807, 2.05) is 0 Å². The Labute approximate surface area is 127 Å². The number of hydrogen-bond donors (Lipinski definition) is 2. The van der Waals surface area contributed by atoms with Crippen LogP contribution in [0, 0.1) is 17.8 Å². The van der Waals surface area contributed by atoms with E-state index in [1.54, 1.807) is 11.3 Å². The van der Waals surface area contributed by atoms with Crippen molar-refractivity contribution in [1.29, 1.82) is 0 Å². The van der Waals surface area contributed by atoms with Crippen molar-refractivity contribution in [1.82, 2.24) is 5.43 Å². The maximum atomic E-state index is 5.86. The summed E-state index contributed by atoms with van der Waals surface area (Å²) in [6.45, 7) is 0. The zero-order chi connectivity index (χ0) is 13.8. The number of hydrogen-bond acceptors (Lipinski definition) is 3. The molecule has 3 heteroatoms. The van der Waals surface area contributed by atoms with Gasteiger partial charge in [-0.2, -0.15) is 11.3 Å². The lowest BCUT2D eigenvalue weighted by molar-refractivity contribution is 0.107. The molecule has 112 valence electrons. The largest absolute Gasteiger partial charge is 0.271 e. The van der Waals surface area contributed by atoms with Gasteiger partial charge in [0, 0.05) is 6.04 Å². The monoisotopic (exact) mass is 292 g/mol. The lowest BCUT2D eigenvalue weighted by atomic mass is 9.66. The molecule has 0 radical (unpaired) electrons. The molecule has 3 N–H and O–H groups in total. The van der Waals surface area contributed by atoms with E-state index in [1.165, 1.54) is 63.4 Å². The molecule has 3 rings (SSSR count). The average Bonchev–Trinajstić information content (AvgIpc) is 3.01. The molecule has 0 aromatic carbocycles. The fraction of sp³-hybridized carbons (Fsp3) is 0.765. The van der Waals surface area contributed by atoms with E-state index in [0.29, 0.717) is 6.04 Å². The maximum Gasteiger partial charge on any atom is 0.0242 e. The van der Waals surface area contributed by atoms with Crippen LogP contribution in [0.2, 0.25) is 0 Å². The van der Waals surface area contributed by atoms with Crippen LogP contribution in [0.15, 0.2) is 16.8 Å². The van der Waals surface area contributed by atoms with Gasteiger partial charge in [-0.1, -0.05) is 25.7 Å². The van der Waals surface area contributed by atoms with Crippen molar-refractivity contribution < 1.29 is 0 Å². The number of rotatable bonds is 5. The minimum absolute atomic E-state index is 0.512. The summed E-state index contributed by atoms with van der Waals surface area (Å²) in [5.74, 6) is 8.70. The van der Waals surface area contributed by atoms with Crippen molar-refractivity contribution in [3.8, 4) is 0 Å². The highest BCUT2D eigenvalue weighted by Gasteiger charge is 2.34. The van der Waals surface area contributed by atoms with Crippen LogP contribution in [-0.2, 0) is 6.42 Å². The van der Waals surface area contributed by atoms with Crippen molar-refractivity contribution in [2.45, 2.75) is 63.8 Å². The summed E-state index contributed by atoms with van der Waals surface area (Å²) < 4.78 is 0. The Hall–Kier alpha value is -0.380. The Bertz CT molecular complexity index is 390. The van der Waals surface area contributed by atoms with Crippen LogP contribution in [0.3, 0.4) is 0 Å². The van der Waals surface area contributed by atoms with E-state index in [2.05, 4.69) is 22.3 Å². The van der Waals surface area contributed by atoms with Crippen LogP contribution in [0.4, 0.5) is 0 Å². The van der Waals surface area contributed by atoms with Crippen LogP contribution in [0.5, 0.6) is 0 Å². The van der Waals surface area contributed by atoms with E-state index in [0.717, 1.165) is 17.8 Å². The minimum Gasteiger partial charge on any atom is -0.271 e. The molecule has 4 atom stereocenters. The SMILES string of the molecule is NNC(CCc1ccsc1)C1CCC2CCCCC2C1. The molecule has 0 saturated heterocycles. The second-order valence-corrected chi connectivity index (χ2v) is 7.60. The number of aryl methyl sites for hydroxylation is 1. The Balaban J connectivity index is 1.53. The number of nitrogens with two attached hydrogens (primary N) is 1. The van der Waals surface area contributed by atoms with Gasteiger partial charge in [-0.3, -0.25) is 11.3 Å². The van der Waals surface area contributed by atoms with Gasteiger partial charge in [0.15, 0.2) is 0 Å². The Morgan fingerprint density at radius 3 is 2.80 bits per heavy atom. The second kappa shape index (κ2) is 7.06. The van der Waals surface area contributed by atoms with Gasteiger partial charge in [0.05, 0.1) is 0 Å². The first kappa shape index (κ1) is 14.6. The van der Waals surface area contributed by atoms with E-state index in [4.69, 9.17) is 5.84 Å². The molecule has 1 aromatic rings. The predicted molar refractivity (Wildman–Crippen MR) is 86.5 cm³/mol. The Morgan fingerprint density at radius 2 is 2.05 bits per heavy atom. The van der Waals surface area contributed by atoms with Crippen LogP contribution in [-0.4, -0.2) is 6.04 Å². The molecule has 2 aliphatic carbocycles. The van der Waals surface area contributed by atoms with Gasteiger partial charge in [0.2, 0.25) is 0 Å². The quantitative estimate of drug-likeness (QED) is 0.633. The molecule has 0 spiro atoms. The standard InChI is InChI=1S/C17H28N2S/c18-19-17(8-5-13-9-10-20-12-13)16-7-6-14-3-1-2-4-15(14)11-16/h9-10,12,14-17,19H,1-8,11,18H2. The van der Waals surface area contributed by atoms with Crippen LogP contribution < -0.4 is 11.3 Å². The zero-order valence-corrected chi connectivity index (χ0v) is 13.2. The molecular formula is C17H28N2S. The topological polar surface area (TPSA) is 38.0 Å². The van der Waals surface area contributed by atoms with Gasteiger partial charge in [-0.25, -0.2) is 0 Å². The van der Waals surface area contributed by atoms with Gasteiger partial charge >= 0.3 is 0 Å². The smallest absolute Gasteiger partial charge is 0.0242 e. The summed E-state index contributed by atoms with van der Waals surface area (Å²) in [7, 11) is 0. The van der Waals surface area contributed by atoms with E-state index in [-0.39, 0.29) is 0 Å². The maximum absolute atomic E-state index is 5.86. The highest BCUT2D eigenvalue weighted by atomic mass is 32.1. The Kier molecular flexibility index (Phi) is 5.14. The summed E-state index contributed by atoms with van der Waals surface area (Å²) in [5, 5.41) is 4.44. The summed E-state index contributed by atoms with van der Waals surface area (Å²) >= 11 is 1.80. The first-order chi connectivity index (χ1) is 9.86. The van der Waals surface area contributed by atoms with Gasteiger partial charge in [0.1, 0.15) is 0 Å². The lowest BCUT2D eigenvalue weighted by Crippen LogP contribution is -2.44. The van der Waals surface area contributed by atoms with E-state index < -0.39 is 0 Å². The highest BCUT2D eigenvalue weighted by Crippen LogP contribution is 2.43. The number of fused-ring (bicyclic) bond motifs is 1. The molecule has 2 saturated carbocycles. The summed E-state index contributed by atoms with van der Waals surface area (Å²) in [6, 6.07) is 2.76. The third kappa shape index (κ3) is 3.44. The molecular weight excluding hydrogens is 264 g/mol. The van der Waals surface area contributed by atoms with Crippen LogP contribution in [0.1, 0.15) is 56.9 Å². The molecule has 2 fully saturated rings. The van der Waals surface area contributed by atoms with Crippen LogP contribution in [0.25, 0.3) is 0 Å². The van der Waals surface area contributed by atoms with E-state index in [9.17, 15) is 0 Å². The first-order valence-electron chi connectivity index (χ1n) is 8.34. The van der Waals surface area contributed by atoms with E-state index >= 15 is 0 Å². The molecule has 4 unspecified atom stereocenters. The summed E-state index contributed by atoms with van der Waals surface area (Å²) in [5.41, 5.74) is 4.61. The van der Waals surface area contributed by atoms with Gasteiger partial charge in [0.25, 0.3) is 0 Å². The number of hydrazine groups is 1. The summed E-state index contributed by atoms with van der Waals surface area (Å²) in [4.78, 5) is 0. The number of thiophene rings is 1. The zero-order valence-electron chi connectivity index (χ0n) is 12.4. The molecule has 2 nitrogen and oxygen atoms in total. The predicted octanol–water partition coefficient (Wildman–Crippen LogP) is 4.12. The fourth-order valence-corrected chi connectivity index (χ4v) is 5.19. The van der Waals surface area contributed by atoms with Crippen molar-refractivity contribution >= 4 is 11.3 Å². The van der Waals surface area contributed by atoms with Crippen molar-refractivity contribution in [2.24, 2.45) is 23.6 Å².